The zero-order valence-corrected chi connectivity index (χ0v) is 21.0. The van der Waals surface area contributed by atoms with Gasteiger partial charge in [0.25, 0.3) is 0 Å². The van der Waals surface area contributed by atoms with Gasteiger partial charge in [-0.15, -0.1) is 0 Å². The summed E-state index contributed by atoms with van der Waals surface area (Å²) in [5.74, 6) is 0. The fourth-order valence-corrected chi connectivity index (χ4v) is 1.80. The zero-order valence-electron chi connectivity index (χ0n) is 10.3. The third-order valence-electron chi connectivity index (χ3n) is 2.63. The Bertz CT molecular complexity index is 91.5. The molecule has 2 aliphatic carbocycles. The van der Waals surface area contributed by atoms with Crippen LogP contribution in [0.3, 0.4) is 0 Å². The molecule has 2 rings (SSSR count). The quantitative estimate of drug-likeness (QED) is 0.173. The van der Waals surface area contributed by atoms with E-state index in [4.69, 9.17) is 0 Å². The van der Waals surface area contributed by atoms with E-state index in [0.717, 1.165) is 0 Å². The maximum absolute atomic E-state index is 3.25. The Labute approximate surface area is 157 Å². The minimum atomic E-state index is -0.766. The smallest absolute Gasteiger partial charge is 0.0582 e. The molecule has 0 nitrogen and oxygen atoms in total. The summed E-state index contributed by atoms with van der Waals surface area (Å²) in [6, 6.07) is 0. The molecule has 0 unspecified atom stereocenters. The molecule has 0 spiro atoms. The Hall–Kier alpha value is 3.40. The first kappa shape index (κ1) is 23.7. The van der Waals surface area contributed by atoms with Crippen LogP contribution in [0, 0.1) is 12.8 Å². The van der Waals surface area contributed by atoms with Crippen molar-refractivity contribution in [2.24, 2.45) is 0 Å². The molecular weight excluding hydrogens is 858 g/mol. The summed E-state index contributed by atoms with van der Waals surface area (Å²) >= 11 is 14.0. The molecule has 0 N–H and O–H groups in total. The van der Waals surface area contributed by atoms with Crippen LogP contribution in [0.4, 0.5) is 0 Å². The van der Waals surface area contributed by atoms with E-state index in [2.05, 4.69) is 83.9 Å². The van der Waals surface area contributed by atoms with Crippen molar-refractivity contribution < 1.29 is 31.0 Å². The van der Waals surface area contributed by atoms with Gasteiger partial charge in [-0.3, -0.25) is 0 Å². The van der Waals surface area contributed by atoms with Crippen molar-refractivity contribution in [2.75, 3.05) is 0 Å². The summed E-state index contributed by atoms with van der Waals surface area (Å²) in [5.41, 5.74) is 0. The van der Waals surface area contributed by atoms with Crippen molar-refractivity contribution in [3.05, 3.63) is 12.8 Å². The second-order valence-corrected chi connectivity index (χ2v) is 32.4. The average Bonchev–Trinajstić information content (AvgIpc) is 2.45. The molecule has 0 aromatic heterocycles. The van der Waals surface area contributed by atoms with Crippen molar-refractivity contribution >= 4 is 52.1 Å². The number of hydrogen-bond acceptors (Lipinski definition) is 0. The molecule has 2 fully saturated rings. The first-order valence-corrected chi connectivity index (χ1v) is 25.0. The Morgan fingerprint density at radius 2 is 0.833 bits per heavy atom. The van der Waals surface area contributed by atoms with E-state index in [1.165, 1.54) is 64.2 Å². The minimum Gasteiger partial charge on any atom is -0.328 e. The molecule has 0 amide bonds. The molecule has 0 heterocycles. The Balaban J connectivity index is 0. The molecule has 2 saturated carbocycles. The predicted molar refractivity (Wildman–Crippen MR) is 90.5 cm³/mol. The van der Waals surface area contributed by atoms with Crippen LogP contribution in [0.15, 0.2) is 0 Å². The van der Waals surface area contributed by atoms with Gasteiger partial charge in [-0.25, -0.2) is 0 Å². The van der Waals surface area contributed by atoms with E-state index in [0.29, 0.717) is 0 Å². The average molecular weight is 880 g/mol. The molecule has 122 valence electrons. The number of rotatable bonds is 0. The normalized spacial score (nSPS) is 18.9. The molecule has 0 saturated heterocycles. The van der Waals surface area contributed by atoms with Gasteiger partial charge in [0, 0.05) is 0 Å². The van der Waals surface area contributed by atoms with Gasteiger partial charge in [0.05, 0.1) is 0 Å². The molecule has 0 radical (unpaired) electrons. The van der Waals surface area contributed by atoms with Crippen LogP contribution in [0.5, 0.6) is 0 Å². The SMILES string of the molecule is [Br][Au].[Br][Au]([Br])[Br].[CH-]1CCCCC1.[CH-]1CCCCC1. The van der Waals surface area contributed by atoms with Gasteiger partial charge >= 0.3 is 83.1 Å². The standard InChI is InChI=1S/2C6H11.2Au.4BrH/c2*1-2-4-6-5-3-1;;;;;;/h2*1H,2-6H2;;;4*1H/q2*-1;+1;+3;;;;/p-4. The van der Waals surface area contributed by atoms with Crippen LogP contribution < -0.4 is 0 Å². The fraction of sp³-hybridized carbons (Fsp3) is 0.833. The first-order chi connectivity index (χ1) is 8.73. The molecular formula is C12H22Au2Br4-2. The summed E-state index contributed by atoms with van der Waals surface area (Å²) in [6.45, 7) is 0. The molecule has 0 aromatic rings. The van der Waals surface area contributed by atoms with Crippen LogP contribution in [-0.4, -0.2) is 0 Å². The van der Waals surface area contributed by atoms with Crippen molar-refractivity contribution in [1.29, 1.82) is 0 Å². The largest absolute Gasteiger partial charge is 0.328 e. The van der Waals surface area contributed by atoms with Crippen molar-refractivity contribution in [2.45, 2.75) is 64.2 Å². The molecule has 0 bridgehead atoms. The number of hydrogen-bond donors (Lipinski definition) is 0. The van der Waals surface area contributed by atoms with Crippen LogP contribution in [0.25, 0.3) is 0 Å². The van der Waals surface area contributed by atoms with E-state index in [1.54, 1.807) is 0 Å². The van der Waals surface area contributed by atoms with Crippen LogP contribution in [0.2, 0.25) is 0 Å². The molecule has 6 heteroatoms. The van der Waals surface area contributed by atoms with E-state index < -0.39 is 12.0 Å². The Morgan fingerprint density at radius 3 is 0.889 bits per heavy atom. The fourth-order valence-electron chi connectivity index (χ4n) is 1.80. The Morgan fingerprint density at radius 1 is 0.611 bits per heavy atom. The van der Waals surface area contributed by atoms with Crippen molar-refractivity contribution in [3.8, 4) is 0 Å². The van der Waals surface area contributed by atoms with E-state index in [-0.39, 0.29) is 0 Å². The van der Waals surface area contributed by atoms with Gasteiger partial charge in [0.2, 0.25) is 0 Å². The van der Waals surface area contributed by atoms with Gasteiger partial charge < -0.3 is 12.8 Å². The Kier molecular flexibility index (Phi) is 29.8. The molecule has 0 aliphatic heterocycles. The molecule has 0 aromatic carbocycles. The minimum absolute atomic E-state index is 0.766. The maximum Gasteiger partial charge on any atom is -0.0582 e. The van der Waals surface area contributed by atoms with Crippen LogP contribution in [0.1, 0.15) is 64.2 Å². The maximum atomic E-state index is 3.25. The summed E-state index contributed by atoms with van der Waals surface area (Å²) in [4.78, 5) is 0. The van der Waals surface area contributed by atoms with Gasteiger partial charge in [-0.1, -0.05) is 38.5 Å². The monoisotopic (exact) mass is 876 g/mol. The summed E-state index contributed by atoms with van der Waals surface area (Å²) < 4.78 is 0. The molecule has 0 atom stereocenters. The third kappa shape index (κ3) is 27.7. The van der Waals surface area contributed by atoms with Gasteiger partial charge in [-0.05, 0) is 0 Å². The zero-order chi connectivity index (χ0) is 14.1. The number of halogens is 4. The van der Waals surface area contributed by atoms with Crippen LogP contribution >= 0.6 is 52.1 Å². The second-order valence-electron chi connectivity index (χ2n) is 3.98. The van der Waals surface area contributed by atoms with E-state index >= 15 is 0 Å². The summed E-state index contributed by atoms with van der Waals surface area (Å²) in [6.07, 6.45) is 19.0. The van der Waals surface area contributed by atoms with Gasteiger partial charge in [0.1, 0.15) is 0 Å². The first-order valence-electron chi connectivity index (χ1n) is 6.09. The predicted octanol–water partition coefficient (Wildman–Crippen LogP) is 7.69. The van der Waals surface area contributed by atoms with E-state index in [9.17, 15) is 0 Å². The molecule has 2 aliphatic rings. The second kappa shape index (κ2) is 22.7. The van der Waals surface area contributed by atoms with Crippen molar-refractivity contribution in [3.63, 3.8) is 0 Å². The summed E-state index contributed by atoms with van der Waals surface area (Å²) in [5, 5.41) is 0. The summed E-state index contributed by atoms with van der Waals surface area (Å²) in [7, 11) is 0. The topological polar surface area (TPSA) is 0 Å². The van der Waals surface area contributed by atoms with Crippen molar-refractivity contribution in [1.82, 2.24) is 0 Å². The van der Waals surface area contributed by atoms with Gasteiger partial charge in [0.15, 0.2) is 0 Å². The third-order valence-corrected chi connectivity index (χ3v) is 2.63. The van der Waals surface area contributed by atoms with Crippen LogP contribution in [-0.2, 0) is 31.0 Å². The van der Waals surface area contributed by atoms with E-state index in [1.807, 2.05) is 0 Å². The molecule has 18 heavy (non-hydrogen) atoms. The van der Waals surface area contributed by atoms with Gasteiger partial charge in [-0.2, -0.15) is 25.7 Å².